The summed E-state index contributed by atoms with van der Waals surface area (Å²) in [6.07, 6.45) is 0. The summed E-state index contributed by atoms with van der Waals surface area (Å²) >= 11 is 0. The van der Waals surface area contributed by atoms with Crippen LogP contribution in [0.25, 0.3) is 10.4 Å². The summed E-state index contributed by atoms with van der Waals surface area (Å²) in [5.74, 6) is -4.61. The number of hydrogen-bond acceptors (Lipinski definition) is 4. The second kappa shape index (κ2) is 7.37. The molecule has 0 heterocycles. The number of nitrogens with one attached hydrogen (secondary N) is 1. The maximum absolute atomic E-state index is 13.6. The van der Waals surface area contributed by atoms with Crippen molar-refractivity contribution in [2.24, 2.45) is 5.11 Å². The predicted octanol–water partition coefficient (Wildman–Crippen LogP) is 2.22. The van der Waals surface area contributed by atoms with E-state index in [1.54, 1.807) is 0 Å². The topological polar surface area (TPSA) is 87.1 Å². The number of carbonyl (C=O) groups is 1. The van der Waals surface area contributed by atoms with Gasteiger partial charge < -0.3 is 10.1 Å². The molecule has 0 amide bonds. The summed E-state index contributed by atoms with van der Waals surface area (Å²) in [6, 6.07) is -0.410. The van der Waals surface area contributed by atoms with E-state index in [-0.39, 0.29) is 13.1 Å². The molecule has 1 rings (SSSR count). The second-order valence-electron chi connectivity index (χ2n) is 3.65. The largest absolute Gasteiger partial charge is 0.468 e. The number of azide groups is 1. The van der Waals surface area contributed by atoms with Crippen LogP contribution in [0.2, 0.25) is 0 Å². The van der Waals surface area contributed by atoms with Crippen LogP contribution in [0.5, 0.6) is 0 Å². The van der Waals surface area contributed by atoms with E-state index in [1.807, 2.05) is 0 Å². The Morgan fingerprint density at radius 2 is 2.05 bits per heavy atom. The monoisotopic (exact) mass is 288 g/mol. The number of benzene rings is 1. The van der Waals surface area contributed by atoms with Crippen molar-refractivity contribution in [3.63, 3.8) is 0 Å². The van der Waals surface area contributed by atoms with Gasteiger partial charge in [-0.2, -0.15) is 0 Å². The highest BCUT2D eigenvalue weighted by molar-refractivity contribution is 5.77. The van der Waals surface area contributed by atoms with Crippen LogP contribution in [0.1, 0.15) is 11.6 Å². The third kappa shape index (κ3) is 3.87. The first-order valence-electron chi connectivity index (χ1n) is 5.47. The molecule has 1 aromatic rings. The lowest BCUT2D eigenvalue weighted by Gasteiger charge is -2.17. The molecule has 0 saturated carbocycles. The van der Waals surface area contributed by atoms with Gasteiger partial charge in [-0.1, -0.05) is 5.11 Å². The van der Waals surface area contributed by atoms with Crippen molar-refractivity contribution in [3.8, 4) is 0 Å². The maximum Gasteiger partial charge on any atom is 0.327 e. The van der Waals surface area contributed by atoms with E-state index in [0.717, 1.165) is 7.11 Å². The first-order chi connectivity index (χ1) is 9.51. The number of methoxy groups -OCH3 is 1. The molecule has 0 bridgehead atoms. The molecule has 0 fully saturated rings. The molecule has 1 aromatic carbocycles. The molecule has 0 aliphatic rings. The zero-order valence-corrected chi connectivity index (χ0v) is 10.4. The fourth-order valence-corrected chi connectivity index (χ4v) is 1.50. The molecule has 1 N–H and O–H groups in total. The van der Waals surface area contributed by atoms with E-state index in [2.05, 4.69) is 20.1 Å². The number of ether oxygens (including phenoxy) is 1. The highest BCUT2D eigenvalue weighted by Gasteiger charge is 2.25. The van der Waals surface area contributed by atoms with Gasteiger partial charge in [0, 0.05) is 29.6 Å². The Hall–Kier alpha value is -2.25. The Bertz CT molecular complexity index is 547. The zero-order chi connectivity index (χ0) is 15.1. The van der Waals surface area contributed by atoms with Crippen molar-refractivity contribution in [2.75, 3.05) is 20.2 Å². The molecule has 0 radical (unpaired) electrons. The molecule has 1 atom stereocenters. The molecule has 1 unspecified atom stereocenters. The quantitative estimate of drug-likeness (QED) is 0.217. The van der Waals surface area contributed by atoms with Crippen molar-refractivity contribution in [1.29, 1.82) is 0 Å². The number of hydrogen-bond donors (Lipinski definition) is 1. The van der Waals surface area contributed by atoms with Gasteiger partial charge in [0.1, 0.15) is 11.9 Å². The minimum absolute atomic E-state index is 0.00467. The smallest absolute Gasteiger partial charge is 0.327 e. The average Bonchev–Trinajstić information content (AvgIpc) is 2.43. The molecule has 20 heavy (non-hydrogen) atoms. The van der Waals surface area contributed by atoms with Crippen LogP contribution in [0, 0.1) is 17.5 Å². The minimum atomic E-state index is -1.36. The van der Waals surface area contributed by atoms with E-state index in [1.165, 1.54) is 0 Å². The van der Waals surface area contributed by atoms with Gasteiger partial charge in [0.15, 0.2) is 11.6 Å². The Labute approximate surface area is 112 Å². The lowest BCUT2D eigenvalue weighted by molar-refractivity contribution is -0.143. The fraction of sp³-hybridized carbons (Fsp3) is 0.364. The maximum atomic E-state index is 13.6. The lowest BCUT2D eigenvalue weighted by Crippen LogP contribution is -2.32. The number of esters is 1. The van der Waals surface area contributed by atoms with Crippen LogP contribution in [0.15, 0.2) is 17.2 Å². The summed E-state index contributed by atoms with van der Waals surface area (Å²) < 4.78 is 44.1. The van der Waals surface area contributed by atoms with Gasteiger partial charge in [-0.25, -0.2) is 18.0 Å². The number of halogens is 3. The van der Waals surface area contributed by atoms with Gasteiger partial charge >= 0.3 is 5.97 Å². The third-order valence-corrected chi connectivity index (χ3v) is 2.41. The van der Waals surface area contributed by atoms with E-state index in [9.17, 15) is 18.0 Å². The molecule has 6 nitrogen and oxygen atoms in total. The number of rotatable bonds is 6. The fourth-order valence-electron chi connectivity index (χ4n) is 1.50. The predicted molar refractivity (Wildman–Crippen MR) is 63.1 cm³/mol. The van der Waals surface area contributed by atoms with Crippen LogP contribution in [-0.2, 0) is 9.53 Å². The third-order valence-electron chi connectivity index (χ3n) is 2.41. The highest BCUT2D eigenvalue weighted by Crippen LogP contribution is 2.21. The van der Waals surface area contributed by atoms with Gasteiger partial charge in [0.2, 0.25) is 0 Å². The zero-order valence-electron chi connectivity index (χ0n) is 10.4. The van der Waals surface area contributed by atoms with E-state index in [4.69, 9.17) is 5.53 Å². The molecule has 0 aromatic heterocycles. The van der Waals surface area contributed by atoms with Crippen LogP contribution in [-0.4, -0.2) is 26.2 Å². The summed E-state index contributed by atoms with van der Waals surface area (Å²) in [6.45, 7) is 0.0253. The molecular formula is C11H11F3N4O2. The van der Waals surface area contributed by atoms with E-state index >= 15 is 0 Å². The summed E-state index contributed by atoms with van der Waals surface area (Å²) in [5, 5.41) is 5.76. The Balaban J connectivity index is 3.01. The second-order valence-corrected chi connectivity index (χ2v) is 3.65. The normalized spacial score (nSPS) is 11.6. The minimum Gasteiger partial charge on any atom is -0.468 e. The summed E-state index contributed by atoms with van der Waals surface area (Å²) in [7, 11) is 1.07. The SMILES string of the molecule is COC(=O)C(NCCN=[N+]=[N-])c1cc(F)c(F)cc1F. The van der Waals surface area contributed by atoms with Crippen LogP contribution in [0.3, 0.4) is 0 Å². The average molecular weight is 288 g/mol. The Morgan fingerprint density at radius 3 is 2.65 bits per heavy atom. The van der Waals surface area contributed by atoms with Gasteiger partial charge in [-0.05, 0) is 11.6 Å². The highest BCUT2D eigenvalue weighted by atomic mass is 19.2. The van der Waals surface area contributed by atoms with Gasteiger partial charge in [0.05, 0.1) is 7.11 Å². The molecule has 0 saturated heterocycles. The van der Waals surface area contributed by atoms with Crippen molar-refractivity contribution in [3.05, 3.63) is 45.6 Å². The standard InChI is InChI=1S/C11H11F3N4O2/c1-20-11(19)10(16-2-3-17-18-15)6-4-8(13)9(14)5-7(6)12/h4-5,10,16H,2-3H2,1H3. The lowest BCUT2D eigenvalue weighted by atomic mass is 10.1. The van der Waals surface area contributed by atoms with Crippen LogP contribution >= 0.6 is 0 Å². The summed E-state index contributed by atoms with van der Waals surface area (Å²) in [4.78, 5) is 14.1. The Kier molecular flexibility index (Phi) is 5.82. The Morgan fingerprint density at radius 1 is 1.40 bits per heavy atom. The van der Waals surface area contributed by atoms with Crippen molar-refractivity contribution in [1.82, 2.24) is 5.32 Å². The number of carbonyl (C=O) groups excluding carboxylic acids is 1. The van der Waals surface area contributed by atoms with E-state index in [0.29, 0.717) is 12.1 Å². The molecule has 0 aliphatic heterocycles. The van der Waals surface area contributed by atoms with Crippen molar-refractivity contribution >= 4 is 5.97 Å². The van der Waals surface area contributed by atoms with Gasteiger partial charge in [-0.3, -0.25) is 0 Å². The molecule has 108 valence electrons. The van der Waals surface area contributed by atoms with Crippen molar-refractivity contribution in [2.45, 2.75) is 6.04 Å². The molecule has 9 heteroatoms. The summed E-state index contributed by atoms with van der Waals surface area (Å²) in [5.41, 5.74) is 7.71. The molecule has 0 aliphatic carbocycles. The van der Waals surface area contributed by atoms with Crippen molar-refractivity contribution < 1.29 is 22.7 Å². The van der Waals surface area contributed by atoms with E-state index < -0.39 is 35.0 Å². The molecular weight excluding hydrogens is 277 g/mol. The number of nitrogens with zero attached hydrogens (tertiary/aromatic N) is 3. The van der Waals surface area contributed by atoms with Gasteiger partial charge in [-0.15, -0.1) is 0 Å². The first kappa shape index (κ1) is 15.8. The van der Waals surface area contributed by atoms with Crippen LogP contribution < -0.4 is 5.32 Å². The first-order valence-corrected chi connectivity index (χ1v) is 5.47. The molecule has 0 spiro atoms. The van der Waals surface area contributed by atoms with Crippen LogP contribution in [0.4, 0.5) is 13.2 Å². The van der Waals surface area contributed by atoms with Gasteiger partial charge in [0.25, 0.3) is 0 Å².